The van der Waals surface area contributed by atoms with E-state index in [1.807, 2.05) is 24.3 Å². The summed E-state index contributed by atoms with van der Waals surface area (Å²) in [5.41, 5.74) is 8.86. The maximum absolute atomic E-state index is 12.8. The lowest BCUT2D eigenvalue weighted by Gasteiger charge is -2.11. The number of amides is 1. The summed E-state index contributed by atoms with van der Waals surface area (Å²) in [5.74, 6) is 0.224. The highest BCUT2D eigenvalue weighted by Gasteiger charge is 2.19. The van der Waals surface area contributed by atoms with Crippen LogP contribution in [0.2, 0.25) is 0 Å². The lowest BCUT2D eigenvalue weighted by molar-refractivity contribution is -0.600. The number of aromatic carboxylic acids is 1. The van der Waals surface area contributed by atoms with E-state index in [1.54, 1.807) is 6.20 Å². The van der Waals surface area contributed by atoms with Gasteiger partial charge in [0.05, 0.1) is 23.4 Å². The number of carbonyl (C=O) groups excluding carboxylic acids is 1. The van der Waals surface area contributed by atoms with E-state index in [4.69, 9.17) is 10.7 Å². The predicted molar refractivity (Wildman–Crippen MR) is 148 cm³/mol. The number of nitrogens with two attached hydrogens (primary N) is 1. The third-order valence-electron chi connectivity index (χ3n) is 6.58. The molecule has 0 atom stereocenters. The summed E-state index contributed by atoms with van der Waals surface area (Å²) in [4.78, 5) is 45.6. The molecule has 0 saturated carbocycles. The van der Waals surface area contributed by atoms with Crippen LogP contribution >= 0.6 is 0 Å². The lowest BCUT2D eigenvalue weighted by atomic mass is 10.2. The number of rotatable bonds is 11. The topological polar surface area (TPSA) is 166 Å². The molecular weight excluding hydrogens is 510 g/mol. The normalized spacial score (nSPS) is 11.2. The maximum Gasteiger partial charge on any atom is 0.358 e. The number of pyridine rings is 1. The number of hydrogen-bond acceptors (Lipinski definition) is 8. The number of nitrogens with one attached hydrogen (secondary N) is 1. The number of benzene rings is 1. The van der Waals surface area contributed by atoms with Crippen LogP contribution in [0, 0.1) is 0 Å². The van der Waals surface area contributed by atoms with Crippen molar-refractivity contribution in [3.05, 3.63) is 72.5 Å². The zero-order chi connectivity index (χ0) is 28.1. The van der Waals surface area contributed by atoms with Gasteiger partial charge < -0.3 is 20.7 Å². The van der Waals surface area contributed by atoms with Crippen molar-refractivity contribution in [1.82, 2.24) is 34.8 Å². The van der Waals surface area contributed by atoms with Gasteiger partial charge >= 0.3 is 11.8 Å². The molecule has 0 saturated heterocycles. The first-order valence-corrected chi connectivity index (χ1v) is 13.2. The number of carboxylic acid groups (broad SMARTS) is 1. The Balaban J connectivity index is 1.25. The Morgan fingerprint density at radius 2 is 1.93 bits per heavy atom. The highest BCUT2D eigenvalue weighted by molar-refractivity contribution is 6.06. The maximum atomic E-state index is 12.8. The molecule has 0 radical (unpaired) electrons. The van der Waals surface area contributed by atoms with Gasteiger partial charge in [-0.25, -0.2) is 19.7 Å². The van der Waals surface area contributed by atoms with Crippen molar-refractivity contribution in [1.29, 1.82) is 0 Å². The quantitative estimate of drug-likeness (QED) is 0.169. The van der Waals surface area contributed by atoms with Crippen LogP contribution < -0.4 is 15.6 Å². The van der Waals surface area contributed by atoms with E-state index in [2.05, 4.69) is 36.7 Å². The van der Waals surface area contributed by atoms with Gasteiger partial charge in [0.15, 0.2) is 11.5 Å². The third kappa shape index (κ3) is 5.55. The number of carbonyl (C=O) groups is 2. The number of aromatic nitrogens is 7. The van der Waals surface area contributed by atoms with Gasteiger partial charge in [0.2, 0.25) is 0 Å². The number of fused-ring (bicyclic) bond motifs is 3. The van der Waals surface area contributed by atoms with Gasteiger partial charge in [-0.05, 0) is 30.3 Å². The summed E-state index contributed by atoms with van der Waals surface area (Å²) >= 11 is 0. The molecule has 12 nitrogen and oxygen atoms in total. The molecule has 0 aliphatic heterocycles. The van der Waals surface area contributed by atoms with E-state index < -0.39 is 5.97 Å². The van der Waals surface area contributed by atoms with E-state index in [-0.39, 0.29) is 17.3 Å². The van der Waals surface area contributed by atoms with Crippen LogP contribution in [0.4, 0.5) is 5.82 Å². The Bertz CT molecular complexity index is 1700. The third-order valence-corrected chi connectivity index (χ3v) is 6.58. The summed E-state index contributed by atoms with van der Waals surface area (Å²) in [6, 6.07) is 7.95. The first-order chi connectivity index (χ1) is 19.5. The number of aryl methyl sites for hydroxylation is 2. The number of nitrogens with zero attached hydrogens (tertiary/aromatic N) is 7. The van der Waals surface area contributed by atoms with E-state index in [9.17, 15) is 14.7 Å². The van der Waals surface area contributed by atoms with Crippen LogP contribution in [-0.2, 0) is 13.0 Å². The molecule has 0 aliphatic rings. The minimum atomic E-state index is -1.16. The second-order valence-electron chi connectivity index (χ2n) is 9.37. The number of carboxylic acids is 1. The number of hydrogen-bond donors (Lipinski definition) is 3. The zero-order valence-corrected chi connectivity index (χ0v) is 22.1. The van der Waals surface area contributed by atoms with E-state index >= 15 is 0 Å². The van der Waals surface area contributed by atoms with Crippen LogP contribution in [0.15, 0.2) is 55.2 Å². The fraction of sp³-hybridized carbons (Fsp3) is 0.286. The van der Waals surface area contributed by atoms with E-state index in [1.165, 1.54) is 29.4 Å². The molecule has 0 unspecified atom stereocenters. The largest absolute Gasteiger partial charge is 0.476 e. The molecule has 4 heterocycles. The van der Waals surface area contributed by atoms with Crippen LogP contribution in [0.5, 0.6) is 0 Å². The van der Waals surface area contributed by atoms with Gasteiger partial charge in [0.1, 0.15) is 29.9 Å². The highest BCUT2D eigenvalue weighted by atomic mass is 16.4. The van der Waals surface area contributed by atoms with Crippen molar-refractivity contribution >= 4 is 39.6 Å². The van der Waals surface area contributed by atoms with Crippen molar-refractivity contribution in [2.45, 2.75) is 45.6 Å². The smallest absolute Gasteiger partial charge is 0.358 e. The molecule has 12 heteroatoms. The summed E-state index contributed by atoms with van der Waals surface area (Å²) in [7, 11) is 0. The summed E-state index contributed by atoms with van der Waals surface area (Å²) in [6.07, 6.45) is 11.5. The van der Waals surface area contributed by atoms with Gasteiger partial charge in [-0.1, -0.05) is 31.5 Å². The van der Waals surface area contributed by atoms with Crippen molar-refractivity contribution in [2.24, 2.45) is 0 Å². The van der Waals surface area contributed by atoms with Crippen LogP contribution in [0.1, 0.15) is 59.4 Å². The first kappa shape index (κ1) is 26.6. The Morgan fingerprint density at radius 3 is 2.75 bits per heavy atom. The van der Waals surface area contributed by atoms with Crippen molar-refractivity contribution < 1.29 is 19.3 Å². The van der Waals surface area contributed by atoms with Gasteiger partial charge in [0.25, 0.3) is 11.6 Å². The SMILES string of the molecule is CCCCc1nc2c(N)nc3ccccc3c2n1CCCCNC(=O)c1cncc(-[n+]2ccnc(C(=O)O)c2)n1. The van der Waals surface area contributed by atoms with Crippen LogP contribution in [-0.4, -0.2) is 53.0 Å². The molecule has 0 fully saturated rings. The Morgan fingerprint density at radius 1 is 1.07 bits per heavy atom. The zero-order valence-electron chi connectivity index (χ0n) is 22.1. The van der Waals surface area contributed by atoms with Gasteiger partial charge in [-0.2, -0.15) is 4.57 Å². The van der Waals surface area contributed by atoms with Crippen LogP contribution in [0.25, 0.3) is 27.8 Å². The standard InChI is InChI=1S/C28H29N9O3/c1-2-3-10-22-35-24-25(18-8-4-5-9-19(18)34-26(24)29)37(22)13-7-6-11-32-27(38)20-15-30-16-23(33-20)36-14-12-31-21(17-36)28(39)40/h4-5,8-9,12,14-17H,2-3,6-7,10-11,13H2,1H3,(H3-,29,32,34,38,39,40)/p+1. The van der Waals surface area contributed by atoms with Gasteiger partial charge in [0, 0.05) is 24.9 Å². The molecule has 1 amide bonds. The second kappa shape index (κ2) is 11.8. The molecule has 204 valence electrons. The van der Waals surface area contributed by atoms with Crippen molar-refractivity contribution in [3.63, 3.8) is 0 Å². The molecule has 4 N–H and O–H groups in total. The van der Waals surface area contributed by atoms with Gasteiger partial charge in [-0.15, -0.1) is 0 Å². The Kier molecular flexibility index (Phi) is 7.85. The molecule has 0 bridgehead atoms. The molecule has 40 heavy (non-hydrogen) atoms. The molecule has 0 aliphatic carbocycles. The highest BCUT2D eigenvalue weighted by Crippen LogP contribution is 2.29. The minimum Gasteiger partial charge on any atom is -0.476 e. The van der Waals surface area contributed by atoms with E-state index in [0.717, 1.165) is 66.4 Å². The summed E-state index contributed by atoms with van der Waals surface area (Å²) < 4.78 is 3.71. The summed E-state index contributed by atoms with van der Waals surface area (Å²) in [5, 5.41) is 13.1. The summed E-state index contributed by atoms with van der Waals surface area (Å²) in [6.45, 7) is 3.35. The number of nitrogen functional groups attached to an aromatic ring is 1. The number of imidazole rings is 1. The van der Waals surface area contributed by atoms with Crippen molar-refractivity contribution in [3.8, 4) is 5.82 Å². The van der Waals surface area contributed by atoms with Crippen molar-refractivity contribution in [2.75, 3.05) is 12.3 Å². The second-order valence-corrected chi connectivity index (χ2v) is 9.37. The fourth-order valence-electron chi connectivity index (χ4n) is 4.59. The average Bonchev–Trinajstić information content (AvgIpc) is 3.35. The first-order valence-electron chi connectivity index (χ1n) is 13.2. The number of para-hydroxylation sites is 1. The van der Waals surface area contributed by atoms with Crippen LogP contribution in [0.3, 0.4) is 0 Å². The molecule has 5 rings (SSSR count). The minimum absolute atomic E-state index is 0.135. The lowest BCUT2D eigenvalue weighted by Crippen LogP contribution is -2.34. The fourth-order valence-corrected chi connectivity index (χ4v) is 4.59. The molecule has 4 aromatic heterocycles. The molecule has 5 aromatic rings. The average molecular weight is 541 g/mol. The van der Waals surface area contributed by atoms with Gasteiger partial charge in [-0.3, -0.25) is 9.78 Å². The Labute approximate surface area is 230 Å². The number of anilines is 1. The molecule has 0 spiro atoms. The monoisotopic (exact) mass is 540 g/mol. The predicted octanol–water partition coefficient (Wildman–Crippen LogP) is 2.88. The molecular formula is C28H30N9O3+. The van der Waals surface area contributed by atoms with E-state index in [0.29, 0.717) is 18.2 Å². The number of unbranched alkanes of at least 4 members (excludes halogenated alkanes) is 2. The molecule has 1 aromatic carbocycles. The Hall–Kier alpha value is -5.00.